The summed E-state index contributed by atoms with van der Waals surface area (Å²) in [5.41, 5.74) is 0. The number of esters is 1. The first-order chi connectivity index (χ1) is 10.2. The molecule has 110 valence electrons. The minimum absolute atomic E-state index is 0.233. The van der Waals surface area contributed by atoms with Crippen molar-refractivity contribution in [3.05, 3.63) is 53.6 Å². The lowest BCUT2D eigenvalue weighted by atomic mass is 10.3. The Morgan fingerprint density at radius 2 is 1.86 bits per heavy atom. The van der Waals surface area contributed by atoms with Crippen LogP contribution in [0.1, 0.15) is 6.92 Å². The normalized spacial score (nSPS) is 10.2. The second kappa shape index (κ2) is 7.96. The molecular formula is C16H15ClO3S. The molecule has 0 saturated carbocycles. The van der Waals surface area contributed by atoms with E-state index < -0.39 is 0 Å². The van der Waals surface area contributed by atoms with Crippen LogP contribution >= 0.6 is 23.4 Å². The van der Waals surface area contributed by atoms with Crippen LogP contribution in [-0.4, -0.2) is 18.3 Å². The third-order valence-electron chi connectivity index (χ3n) is 2.54. The highest BCUT2D eigenvalue weighted by Crippen LogP contribution is 2.32. The number of para-hydroxylation sites is 1. The number of carbonyl (C=O) groups is 1. The number of ether oxygens (including phenoxy) is 2. The van der Waals surface area contributed by atoms with Crippen LogP contribution in [0.5, 0.6) is 11.5 Å². The minimum atomic E-state index is -0.233. The summed E-state index contributed by atoms with van der Waals surface area (Å²) in [4.78, 5) is 12.3. The minimum Gasteiger partial charge on any atom is -0.465 e. The molecule has 0 amide bonds. The van der Waals surface area contributed by atoms with Crippen LogP contribution in [0.4, 0.5) is 0 Å². The van der Waals surface area contributed by atoms with E-state index in [0.29, 0.717) is 23.1 Å². The third kappa shape index (κ3) is 4.99. The van der Waals surface area contributed by atoms with Gasteiger partial charge in [-0.1, -0.05) is 23.7 Å². The molecule has 0 aliphatic rings. The maximum Gasteiger partial charge on any atom is 0.316 e. The van der Waals surface area contributed by atoms with E-state index in [0.717, 1.165) is 4.90 Å². The van der Waals surface area contributed by atoms with Gasteiger partial charge in [0.25, 0.3) is 0 Å². The lowest BCUT2D eigenvalue weighted by Gasteiger charge is -2.10. The van der Waals surface area contributed by atoms with Gasteiger partial charge in [0, 0.05) is 5.02 Å². The van der Waals surface area contributed by atoms with Gasteiger partial charge in [-0.05, 0) is 43.3 Å². The van der Waals surface area contributed by atoms with E-state index in [-0.39, 0.29) is 11.7 Å². The van der Waals surface area contributed by atoms with Crippen LogP contribution in [0, 0.1) is 0 Å². The molecule has 0 spiro atoms. The molecule has 5 heteroatoms. The number of hydrogen-bond acceptors (Lipinski definition) is 4. The van der Waals surface area contributed by atoms with E-state index >= 15 is 0 Å². The van der Waals surface area contributed by atoms with Crippen molar-refractivity contribution < 1.29 is 14.3 Å². The summed E-state index contributed by atoms with van der Waals surface area (Å²) in [5.74, 6) is 1.43. The van der Waals surface area contributed by atoms with Crippen LogP contribution < -0.4 is 4.74 Å². The van der Waals surface area contributed by atoms with Crippen LogP contribution in [0.2, 0.25) is 5.02 Å². The topological polar surface area (TPSA) is 35.5 Å². The summed E-state index contributed by atoms with van der Waals surface area (Å²) < 4.78 is 10.7. The highest BCUT2D eigenvalue weighted by Gasteiger charge is 2.08. The van der Waals surface area contributed by atoms with Gasteiger partial charge in [0.15, 0.2) is 0 Å². The van der Waals surface area contributed by atoms with Gasteiger partial charge in [0.05, 0.1) is 17.3 Å². The Bertz CT molecular complexity index is 599. The van der Waals surface area contributed by atoms with Gasteiger partial charge in [-0.2, -0.15) is 0 Å². The molecule has 0 radical (unpaired) electrons. The van der Waals surface area contributed by atoms with Crippen molar-refractivity contribution in [3.8, 4) is 11.5 Å². The Morgan fingerprint density at radius 3 is 2.57 bits per heavy atom. The monoisotopic (exact) mass is 322 g/mol. The first kappa shape index (κ1) is 15.7. The smallest absolute Gasteiger partial charge is 0.316 e. The Morgan fingerprint density at radius 1 is 1.14 bits per heavy atom. The van der Waals surface area contributed by atoms with Crippen LogP contribution in [0.25, 0.3) is 0 Å². The van der Waals surface area contributed by atoms with E-state index in [4.69, 9.17) is 21.1 Å². The van der Waals surface area contributed by atoms with Crippen molar-refractivity contribution in [2.24, 2.45) is 0 Å². The van der Waals surface area contributed by atoms with Crippen molar-refractivity contribution in [3.63, 3.8) is 0 Å². The maximum absolute atomic E-state index is 11.4. The van der Waals surface area contributed by atoms with Gasteiger partial charge < -0.3 is 9.47 Å². The van der Waals surface area contributed by atoms with Crippen molar-refractivity contribution >= 4 is 29.3 Å². The number of halogens is 1. The Kier molecular flexibility index (Phi) is 5.96. The zero-order valence-corrected chi connectivity index (χ0v) is 13.1. The standard InChI is InChI=1S/C16H15ClO3S/c1-2-19-16(18)11-21-15-6-4-3-5-14(15)20-13-9-7-12(17)8-10-13/h3-10H,2,11H2,1H3. The summed E-state index contributed by atoms with van der Waals surface area (Å²) in [6.45, 7) is 2.18. The first-order valence-corrected chi connectivity index (χ1v) is 7.86. The van der Waals surface area contributed by atoms with E-state index in [1.807, 2.05) is 24.3 Å². The predicted molar refractivity (Wildman–Crippen MR) is 85.3 cm³/mol. The quantitative estimate of drug-likeness (QED) is 0.566. The summed E-state index contributed by atoms with van der Waals surface area (Å²) in [6.07, 6.45) is 0. The van der Waals surface area contributed by atoms with Crippen molar-refractivity contribution in [2.75, 3.05) is 12.4 Å². The van der Waals surface area contributed by atoms with Crippen molar-refractivity contribution in [1.82, 2.24) is 0 Å². The fourth-order valence-electron chi connectivity index (χ4n) is 1.62. The highest BCUT2D eigenvalue weighted by atomic mass is 35.5. The Balaban J connectivity index is 2.06. The molecule has 0 aliphatic carbocycles. The van der Waals surface area contributed by atoms with Gasteiger partial charge in [-0.15, -0.1) is 11.8 Å². The first-order valence-electron chi connectivity index (χ1n) is 6.50. The molecule has 3 nitrogen and oxygen atoms in total. The molecular weight excluding hydrogens is 308 g/mol. The number of carbonyl (C=O) groups excluding carboxylic acids is 1. The molecule has 0 fully saturated rings. The third-order valence-corrected chi connectivity index (χ3v) is 3.82. The van der Waals surface area contributed by atoms with Crippen LogP contribution in [0.15, 0.2) is 53.4 Å². The number of benzene rings is 2. The number of hydrogen-bond donors (Lipinski definition) is 0. The van der Waals surface area contributed by atoms with Gasteiger partial charge in [0.2, 0.25) is 0 Å². The van der Waals surface area contributed by atoms with E-state index in [9.17, 15) is 4.79 Å². The average Bonchev–Trinajstić information content (AvgIpc) is 2.49. The summed E-state index contributed by atoms with van der Waals surface area (Å²) in [7, 11) is 0. The van der Waals surface area contributed by atoms with E-state index in [1.54, 1.807) is 31.2 Å². The maximum atomic E-state index is 11.4. The highest BCUT2D eigenvalue weighted by molar-refractivity contribution is 8.00. The lowest BCUT2D eigenvalue weighted by Crippen LogP contribution is -2.06. The average molecular weight is 323 g/mol. The van der Waals surface area contributed by atoms with Gasteiger partial charge in [0.1, 0.15) is 11.5 Å². The second-order valence-electron chi connectivity index (χ2n) is 4.10. The SMILES string of the molecule is CCOC(=O)CSc1ccccc1Oc1ccc(Cl)cc1. The molecule has 2 aromatic carbocycles. The second-order valence-corrected chi connectivity index (χ2v) is 5.55. The number of rotatable bonds is 6. The zero-order chi connectivity index (χ0) is 15.1. The molecule has 0 heterocycles. The zero-order valence-electron chi connectivity index (χ0n) is 11.5. The van der Waals surface area contributed by atoms with Crippen LogP contribution in [-0.2, 0) is 9.53 Å². The van der Waals surface area contributed by atoms with Gasteiger partial charge in [-0.3, -0.25) is 4.79 Å². The van der Waals surface area contributed by atoms with Gasteiger partial charge in [-0.25, -0.2) is 0 Å². The molecule has 2 rings (SSSR count). The lowest BCUT2D eigenvalue weighted by molar-refractivity contribution is -0.139. The summed E-state index contributed by atoms with van der Waals surface area (Å²) >= 11 is 7.24. The molecule has 0 aromatic heterocycles. The molecule has 21 heavy (non-hydrogen) atoms. The van der Waals surface area contributed by atoms with E-state index in [1.165, 1.54) is 11.8 Å². The Hall–Kier alpha value is -1.65. The van der Waals surface area contributed by atoms with Crippen LogP contribution in [0.3, 0.4) is 0 Å². The molecule has 2 aromatic rings. The molecule has 0 atom stereocenters. The van der Waals surface area contributed by atoms with Crippen molar-refractivity contribution in [1.29, 1.82) is 0 Å². The molecule has 0 N–H and O–H groups in total. The summed E-state index contributed by atoms with van der Waals surface area (Å²) in [6, 6.07) is 14.7. The Labute approximate surface area is 133 Å². The largest absolute Gasteiger partial charge is 0.465 e. The van der Waals surface area contributed by atoms with E-state index in [2.05, 4.69) is 0 Å². The molecule has 0 unspecified atom stereocenters. The fraction of sp³-hybridized carbons (Fsp3) is 0.188. The molecule has 0 bridgehead atoms. The fourth-order valence-corrected chi connectivity index (χ4v) is 2.53. The summed E-state index contributed by atoms with van der Waals surface area (Å²) in [5, 5.41) is 0.660. The van der Waals surface area contributed by atoms with Gasteiger partial charge >= 0.3 is 5.97 Å². The predicted octanol–water partition coefficient (Wildman–Crippen LogP) is 4.79. The molecule has 0 saturated heterocycles. The van der Waals surface area contributed by atoms with Crippen molar-refractivity contribution in [2.45, 2.75) is 11.8 Å². The molecule has 0 aliphatic heterocycles. The number of thioether (sulfide) groups is 1.